The molecule has 0 unspecified atom stereocenters. The Morgan fingerprint density at radius 1 is 1.19 bits per heavy atom. The number of ether oxygens (including phenoxy) is 1. The average molecular weight is 271 g/mol. The van der Waals surface area contributed by atoms with Crippen LogP contribution in [0.3, 0.4) is 0 Å². The second-order valence-electron chi connectivity index (χ2n) is 3.55. The Balaban J connectivity index is 2.12. The topological polar surface area (TPSA) is 12.5 Å². The Bertz CT molecular complexity index is 385. The van der Waals surface area contributed by atoms with E-state index in [1.165, 1.54) is 0 Å². The zero-order chi connectivity index (χ0) is 11.9. The molecule has 88 valence electrons. The molecule has 1 aliphatic heterocycles. The third-order valence-electron chi connectivity index (χ3n) is 2.30. The summed E-state index contributed by atoms with van der Waals surface area (Å²) in [4.78, 5) is 0. The van der Waals surface area contributed by atoms with E-state index in [9.17, 15) is 13.2 Å². The van der Waals surface area contributed by atoms with E-state index < -0.39 is 24.8 Å². The SMILES string of the molecule is FC(F)(F)C[C@H]1O[C@@H]1c1c(Cl)cccc1Cl. The lowest BCUT2D eigenvalue weighted by Gasteiger charge is -2.04. The molecule has 1 heterocycles. The van der Waals surface area contributed by atoms with E-state index in [2.05, 4.69) is 0 Å². The smallest absolute Gasteiger partial charge is 0.364 e. The van der Waals surface area contributed by atoms with Gasteiger partial charge in [-0.1, -0.05) is 29.3 Å². The van der Waals surface area contributed by atoms with Crippen LogP contribution in [0, 0.1) is 0 Å². The van der Waals surface area contributed by atoms with E-state index in [0.717, 1.165) is 0 Å². The maximum Gasteiger partial charge on any atom is 0.391 e. The molecule has 1 aromatic carbocycles. The predicted molar refractivity (Wildman–Crippen MR) is 54.7 cm³/mol. The molecule has 1 aromatic rings. The van der Waals surface area contributed by atoms with E-state index in [0.29, 0.717) is 15.6 Å². The normalized spacial score (nSPS) is 24.6. The Morgan fingerprint density at radius 3 is 2.25 bits per heavy atom. The Morgan fingerprint density at radius 2 is 1.75 bits per heavy atom. The Hall–Kier alpha value is -0.450. The van der Waals surface area contributed by atoms with Crippen LogP contribution in [0.15, 0.2) is 18.2 Å². The molecule has 2 rings (SSSR count). The average Bonchev–Trinajstić information content (AvgIpc) is 2.80. The molecule has 0 spiro atoms. The van der Waals surface area contributed by atoms with Crippen molar-refractivity contribution in [2.75, 3.05) is 0 Å². The van der Waals surface area contributed by atoms with E-state index in [1.54, 1.807) is 18.2 Å². The molecule has 0 N–H and O–H groups in total. The van der Waals surface area contributed by atoms with Gasteiger partial charge >= 0.3 is 6.18 Å². The number of epoxide rings is 1. The summed E-state index contributed by atoms with van der Waals surface area (Å²) in [7, 11) is 0. The molecule has 0 aliphatic carbocycles. The molecule has 1 fully saturated rings. The van der Waals surface area contributed by atoms with Crippen molar-refractivity contribution >= 4 is 23.2 Å². The highest BCUT2D eigenvalue weighted by Gasteiger charge is 2.48. The zero-order valence-corrected chi connectivity index (χ0v) is 9.40. The van der Waals surface area contributed by atoms with Crippen molar-refractivity contribution in [3.63, 3.8) is 0 Å². The van der Waals surface area contributed by atoms with Crippen molar-refractivity contribution in [3.05, 3.63) is 33.8 Å². The molecule has 0 bridgehead atoms. The van der Waals surface area contributed by atoms with Crippen molar-refractivity contribution in [2.45, 2.75) is 24.8 Å². The number of hydrogen-bond donors (Lipinski definition) is 0. The summed E-state index contributed by atoms with van der Waals surface area (Å²) >= 11 is 11.7. The van der Waals surface area contributed by atoms with Crippen LogP contribution in [-0.2, 0) is 4.74 Å². The molecule has 1 saturated heterocycles. The molecule has 2 atom stereocenters. The third kappa shape index (κ3) is 2.62. The van der Waals surface area contributed by atoms with Crippen LogP contribution in [0.5, 0.6) is 0 Å². The van der Waals surface area contributed by atoms with E-state index in [-0.39, 0.29) is 0 Å². The minimum absolute atomic E-state index is 0.335. The first-order valence-corrected chi connectivity index (χ1v) is 5.30. The second-order valence-corrected chi connectivity index (χ2v) is 4.36. The van der Waals surface area contributed by atoms with Crippen molar-refractivity contribution in [1.82, 2.24) is 0 Å². The lowest BCUT2D eigenvalue weighted by Crippen LogP contribution is -2.11. The fourth-order valence-corrected chi connectivity index (χ4v) is 2.18. The van der Waals surface area contributed by atoms with Gasteiger partial charge in [0, 0.05) is 15.6 Å². The molecular weight excluding hydrogens is 264 g/mol. The standard InChI is InChI=1S/C10H7Cl2F3O/c11-5-2-1-3-6(12)8(5)9-7(16-9)4-10(13,14)15/h1-3,7,9H,4H2/t7-,9+/m1/s1. The van der Waals surface area contributed by atoms with Gasteiger partial charge in [-0.15, -0.1) is 0 Å². The van der Waals surface area contributed by atoms with Crippen molar-refractivity contribution in [2.24, 2.45) is 0 Å². The van der Waals surface area contributed by atoms with Crippen LogP contribution in [-0.4, -0.2) is 12.3 Å². The quantitative estimate of drug-likeness (QED) is 0.727. The van der Waals surface area contributed by atoms with Gasteiger partial charge in [0.05, 0.1) is 12.5 Å². The van der Waals surface area contributed by atoms with Gasteiger partial charge in [0.15, 0.2) is 0 Å². The summed E-state index contributed by atoms with van der Waals surface area (Å²) in [5.41, 5.74) is 0.445. The maximum absolute atomic E-state index is 12.1. The molecule has 0 saturated carbocycles. The summed E-state index contributed by atoms with van der Waals surface area (Å²) in [5, 5.41) is 0.671. The number of benzene rings is 1. The summed E-state index contributed by atoms with van der Waals surface area (Å²) in [6.45, 7) is 0. The van der Waals surface area contributed by atoms with Gasteiger partial charge in [0.25, 0.3) is 0 Å². The van der Waals surface area contributed by atoms with Gasteiger partial charge in [-0.05, 0) is 12.1 Å². The molecule has 16 heavy (non-hydrogen) atoms. The lowest BCUT2D eigenvalue weighted by atomic mass is 10.1. The fourth-order valence-electron chi connectivity index (χ4n) is 1.56. The van der Waals surface area contributed by atoms with Gasteiger partial charge in [-0.3, -0.25) is 0 Å². The number of rotatable bonds is 2. The van der Waals surface area contributed by atoms with E-state index in [1.807, 2.05) is 0 Å². The van der Waals surface area contributed by atoms with Gasteiger partial charge in [0.1, 0.15) is 6.10 Å². The van der Waals surface area contributed by atoms with Crippen LogP contribution in [0.4, 0.5) is 13.2 Å². The first-order chi connectivity index (χ1) is 7.38. The highest BCUT2D eigenvalue weighted by atomic mass is 35.5. The molecule has 6 heteroatoms. The summed E-state index contributed by atoms with van der Waals surface area (Å²) in [5.74, 6) is 0. The highest BCUT2D eigenvalue weighted by Crippen LogP contribution is 2.48. The minimum atomic E-state index is -4.23. The summed E-state index contributed by atoms with van der Waals surface area (Å²) in [6.07, 6.45) is -6.70. The van der Waals surface area contributed by atoms with E-state index >= 15 is 0 Å². The molecule has 0 radical (unpaired) electrons. The monoisotopic (exact) mass is 270 g/mol. The van der Waals surface area contributed by atoms with Crippen molar-refractivity contribution in [1.29, 1.82) is 0 Å². The minimum Gasteiger partial charge on any atom is -0.364 e. The molecule has 1 aliphatic rings. The first kappa shape index (κ1) is 12.0. The van der Waals surface area contributed by atoms with E-state index in [4.69, 9.17) is 27.9 Å². The highest BCUT2D eigenvalue weighted by molar-refractivity contribution is 6.36. The molecular formula is C10H7Cl2F3O. The molecule has 0 aromatic heterocycles. The predicted octanol–water partition coefficient (Wildman–Crippen LogP) is 4.39. The Kier molecular flexibility index (Phi) is 3.07. The van der Waals surface area contributed by atoms with Crippen LogP contribution in [0.25, 0.3) is 0 Å². The van der Waals surface area contributed by atoms with Gasteiger partial charge in [0.2, 0.25) is 0 Å². The summed E-state index contributed by atoms with van der Waals surface area (Å²) < 4.78 is 41.2. The maximum atomic E-state index is 12.1. The number of halogens is 5. The molecule has 0 amide bonds. The largest absolute Gasteiger partial charge is 0.391 e. The van der Waals surface area contributed by atoms with Gasteiger partial charge in [-0.2, -0.15) is 13.2 Å². The van der Waals surface area contributed by atoms with Crippen LogP contribution < -0.4 is 0 Å². The van der Waals surface area contributed by atoms with Gasteiger partial charge < -0.3 is 4.74 Å². The second kappa shape index (κ2) is 4.09. The molecule has 1 nitrogen and oxygen atoms in total. The van der Waals surface area contributed by atoms with Crippen LogP contribution in [0.2, 0.25) is 10.0 Å². The Labute approximate surface area is 100 Å². The van der Waals surface area contributed by atoms with Gasteiger partial charge in [-0.25, -0.2) is 0 Å². The van der Waals surface area contributed by atoms with Crippen LogP contribution >= 0.6 is 23.2 Å². The fraction of sp³-hybridized carbons (Fsp3) is 0.400. The zero-order valence-electron chi connectivity index (χ0n) is 7.89. The first-order valence-electron chi connectivity index (χ1n) is 4.54. The number of hydrogen-bond acceptors (Lipinski definition) is 1. The lowest BCUT2D eigenvalue weighted by molar-refractivity contribution is -0.137. The third-order valence-corrected chi connectivity index (χ3v) is 2.96. The van der Waals surface area contributed by atoms with Crippen molar-refractivity contribution in [3.8, 4) is 0 Å². The van der Waals surface area contributed by atoms with Crippen molar-refractivity contribution < 1.29 is 17.9 Å². The van der Waals surface area contributed by atoms with Crippen LogP contribution in [0.1, 0.15) is 18.1 Å². The summed E-state index contributed by atoms with van der Waals surface area (Å²) in [6, 6.07) is 4.79. The number of alkyl halides is 3.